The molecule has 5 rings (SSSR count). The molecular weight excluding hydrogens is 480 g/mol. The minimum atomic E-state index is -0.519. The van der Waals surface area contributed by atoms with Crippen LogP contribution in [0.1, 0.15) is 41.6 Å². The molecule has 2 aliphatic rings. The standard InChI is InChI=1S/C31H32N2O5/c1-37-30(35)26-18-24(26)27(21-13-7-3-8-14-21)32-29(34)25-17-23(25)28(22-15-9-4-10-16-22)33-31(36)38-19-20-11-5-2-6-12-20/h2-16,23-28H,17-19H2,1H3,(H,32,34)(H,33,36)/t23-,24-,25+,26+,27-,28-/m1/s1. The van der Waals surface area contributed by atoms with Crippen LogP contribution in [-0.4, -0.2) is 25.1 Å². The Hall–Kier alpha value is -4.13. The molecule has 2 amide bonds. The van der Waals surface area contributed by atoms with E-state index in [1.54, 1.807) is 0 Å². The summed E-state index contributed by atoms with van der Waals surface area (Å²) in [6.45, 7) is 0.171. The van der Waals surface area contributed by atoms with Gasteiger partial charge in [0.15, 0.2) is 0 Å². The molecule has 0 unspecified atom stereocenters. The van der Waals surface area contributed by atoms with Crippen molar-refractivity contribution in [2.45, 2.75) is 31.5 Å². The maximum absolute atomic E-state index is 13.4. The molecule has 7 nitrogen and oxygen atoms in total. The number of carbonyl (C=O) groups is 3. The molecule has 6 atom stereocenters. The van der Waals surface area contributed by atoms with Crippen LogP contribution in [0, 0.1) is 23.7 Å². The van der Waals surface area contributed by atoms with Gasteiger partial charge in [0.25, 0.3) is 0 Å². The Morgan fingerprint density at radius 1 is 0.737 bits per heavy atom. The summed E-state index contributed by atoms with van der Waals surface area (Å²) in [5, 5.41) is 6.21. The Bertz CT molecular complexity index is 1250. The van der Waals surface area contributed by atoms with Gasteiger partial charge in [0.2, 0.25) is 5.91 Å². The lowest BCUT2D eigenvalue weighted by atomic mass is 9.99. The zero-order valence-corrected chi connectivity index (χ0v) is 21.3. The van der Waals surface area contributed by atoms with Crippen molar-refractivity contribution in [2.24, 2.45) is 23.7 Å². The average Bonchev–Trinajstić information content (AvgIpc) is 3.90. The van der Waals surface area contributed by atoms with Crippen LogP contribution >= 0.6 is 0 Å². The van der Waals surface area contributed by atoms with Gasteiger partial charge in [-0.05, 0) is 41.4 Å². The Kier molecular flexibility index (Phi) is 7.73. The van der Waals surface area contributed by atoms with Crippen molar-refractivity contribution in [3.63, 3.8) is 0 Å². The number of hydrogen-bond donors (Lipinski definition) is 2. The van der Waals surface area contributed by atoms with E-state index in [-0.39, 0.29) is 54.2 Å². The topological polar surface area (TPSA) is 93.7 Å². The first kappa shape index (κ1) is 25.5. The minimum absolute atomic E-state index is 0.00186. The molecular formula is C31H32N2O5. The maximum atomic E-state index is 13.4. The summed E-state index contributed by atoms with van der Waals surface area (Å²) in [5.74, 6) is -0.831. The van der Waals surface area contributed by atoms with E-state index in [1.807, 2.05) is 91.0 Å². The molecule has 3 aromatic carbocycles. The third-order valence-corrected chi connectivity index (χ3v) is 7.48. The van der Waals surface area contributed by atoms with Gasteiger partial charge in [0.1, 0.15) is 6.61 Å². The first-order valence-electron chi connectivity index (χ1n) is 13.0. The number of hydrogen-bond acceptors (Lipinski definition) is 5. The van der Waals surface area contributed by atoms with Gasteiger partial charge in [-0.1, -0.05) is 91.0 Å². The van der Waals surface area contributed by atoms with Crippen LogP contribution < -0.4 is 10.6 Å². The third kappa shape index (κ3) is 6.05. The first-order valence-corrected chi connectivity index (χ1v) is 13.0. The van der Waals surface area contributed by atoms with Crippen LogP contribution in [0.4, 0.5) is 4.79 Å². The molecule has 7 heteroatoms. The molecule has 196 valence electrons. The number of methoxy groups -OCH3 is 1. The predicted molar refractivity (Wildman–Crippen MR) is 141 cm³/mol. The zero-order chi connectivity index (χ0) is 26.5. The van der Waals surface area contributed by atoms with Gasteiger partial charge < -0.3 is 20.1 Å². The second-order valence-corrected chi connectivity index (χ2v) is 10.0. The van der Waals surface area contributed by atoms with E-state index < -0.39 is 6.09 Å². The van der Waals surface area contributed by atoms with Gasteiger partial charge in [-0.2, -0.15) is 0 Å². The highest BCUT2D eigenvalue weighted by Crippen LogP contribution is 2.51. The highest BCUT2D eigenvalue weighted by molar-refractivity contribution is 5.83. The van der Waals surface area contributed by atoms with Crippen LogP contribution in [0.15, 0.2) is 91.0 Å². The monoisotopic (exact) mass is 512 g/mol. The fraction of sp³-hybridized carbons (Fsp3) is 0.323. The van der Waals surface area contributed by atoms with Gasteiger partial charge >= 0.3 is 12.1 Å². The van der Waals surface area contributed by atoms with Crippen LogP contribution in [-0.2, 0) is 25.7 Å². The number of nitrogens with one attached hydrogen (secondary N) is 2. The number of rotatable bonds is 10. The van der Waals surface area contributed by atoms with E-state index in [9.17, 15) is 14.4 Å². The van der Waals surface area contributed by atoms with E-state index in [0.29, 0.717) is 12.8 Å². The summed E-state index contributed by atoms with van der Waals surface area (Å²) in [4.78, 5) is 38.3. The third-order valence-electron chi connectivity index (χ3n) is 7.48. The van der Waals surface area contributed by atoms with E-state index >= 15 is 0 Å². The minimum Gasteiger partial charge on any atom is -0.469 e. The van der Waals surface area contributed by atoms with Crippen LogP contribution in [0.5, 0.6) is 0 Å². The quantitative estimate of drug-likeness (QED) is 0.375. The molecule has 2 aliphatic carbocycles. The molecule has 0 saturated heterocycles. The Morgan fingerprint density at radius 3 is 1.82 bits per heavy atom. The molecule has 0 spiro atoms. The Balaban J connectivity index is 1.25. The lowest BCUT2D eigenvalue weighted by molar-refractivity contribution is -0.142. The number of benzene rings is 3. The van der Waals surface area contributed by atoms with Crippen LogP contribution in [0.3, 0.4) is 0 Å². The SMILES string of the molecule is COC(=O)[C@H]1C[C@H]1[C@H](NC(=O)[C@H]1C[C@H]1[C@H](NC(=O)OCc1ccccc1)c1ccccc1)c1ccccc1. The molecule has 0 bridgehead atoms. The van der Waals surface area contributed by atoms with E-state index in [4.69, 9.17) is 9.47 Å². The summed E-state index contributed by atoms with van der Waals surface area (Å²) in [5.41, 5.74) is 2.80. The highest BCUT2D eigenvalue weighted by atomic mass is 16.5. The molecule has 0 aromatic heterocycles. The fourth-order valence-corrected chi connectivity index (χ4v) is 5.24. The molecule has 2 saturated carbocycles. The second-order valence-electron chi connectivity index (χ2n) is 10.0. The van der Waals surface area contributed by atoms with Crippen molar-refractivity contribution in [3.8, 4) is 0 Å². The first-order chi connectivity index (χ1) is 18.5. The van der Waals surface area contributed by atoms with Crippen molar-refractivity contribution in [2.75, 3.05) is 7.11 Å². The summed E-state index contributed by atoms with van der Waals surface area (Å²) < 4.78 is 10.4. The fourth-order valence-electron chi connectivity index (χ4n) is 5.24. The van der Waals surface area contributed by atoms with Crippen molar-refractivity contribution in [1.82, 2.24) is 10.6 Å². The number of amides is 2. The summed E-state index contributed by atoms with van der Waals surface area (Å²) in [7, 11) is 1.39. The van der Waals surface area contributed by atoms with E-state index in [2.05, 4.69) is 10.6 Å². The van der Waals surface area contributed by atoms with Crippen molar-refractivity contribution in [1.29, 1.82) is 0 Å². The molecule has 0 radical (unpaired) electrons. The lowest BCUT2D eigenvalue weighted by Crippen LogP contribution is -2.35. The largest absolute Gasteiger partial charge is 0.469 e. The van der Waals surface area contributed by atoms with Crippen LogP contribution in [0.2, 0.25) is 0 Å². The summed E-state index contributed by atoms with van der Waals surface area (Å²) in [6.07, 6.45) is 0.814. The van der Waals surface area contributed by atoms with Crippen molar-refractivity contribution < 1.29 is 23.9 Å². The van der Waals surface area contributed by atoms with Crippen molar-refractivity contribution >= 4 is 18.0 Å². The molecule has 0 aliphatic heterocycles. The number of ether oxygens (including phenoxy) is 2. The zero-order valence-electron chi connectivity index (χ0n) is 21.3. The molecule has 38 heavy (non-hydrogen) atoms. The molecule has 2 N–H and O–H groups in total. The van der Waals surface area contributed by atoms with E-state index in [1.165, 1.54) is 7.11 Å². The molecule has 2 fully saturated rings. The number of esters is 1. The van der Waals surface area contributed by atoms with Gasteiger partial charge in [-0.15, -0.1) is 0 Å². The second kappa shape index (κ2) is 11.5. The Labute approximate surface area is 222 Å². The van der Waals surface area contributed by atoms with Gasteiger partial charge in [-0.3, -0.25) is 9.59 Å². The van der Waals surface area contributed by atoms with Crippen molar-refractivity contribution in [3.05, 3.63) is 108 Å². The number of alkyl carbamates (subject to hydrolysis) is 1. The highest BCUT2D eigenvalue weighted by Gasteiger charge is 2.53. The van der Waals surface area contributed by atoms with Gasteiger partial charge in [-0.25, -0.2) is 4.79 Å². The Morgan fingerprint density at radius 2 is 1.24 bits per heavy atom. The average molecular weight is 513 g/mol. The van der Waals surface area contributed by atoms with Gasteiger partial charge in [0, 0.05) is 5.92 Å². The van der Waals surface area contributed by atoms with E-state index in [0.717, 1.165) is 16.7 Å². The summed E-state index contributed by atoms with van der Waals surface area (Å²) >= 11 is 0. The summed E-state index contributed by atoms with van der Waals surface area (Å²) in [6, 6.07) is 28.3. The number of carbonyl (C=O) groups excluding carboxylic acids is 3. The normalized spacial score (nSPS) is 22.9. The lowest BCUT2D eigenvalue weighted by Gasteiger charge is -2.22. The molecule has 3 aromatic rings. The predicted octanol–water partition coefficient (Wildman–Crippen LogP) is 4.96. The van der Waals surface area contributed by atoms with Crippen LogP contribution in [0.25, 0.3) is 0 Å². The smallest absolute Gasteiger partial charge is 0.407 e. The molecule has 0 heterocycles. The maximum Gasteiger partial charge on any atom is 0.407 e. The van der Waals surface area contributed by atoms with Gasteiger partial charge in [0.05, 0.1) is 25.1 Å².